The highest BCUT2D eigenvalue weighted by atomic mass is 19.1. The van der Waals surface area contributed by atoms with E-state index >= 15 is 0 Å². The lowest BCUT2D eigenvalue weighted by molar-refractivity contribution is -0.134. The van der Waals surface area contributed by atoms with Crippen LogP contribution in [0.25, 0.3) is 0 Å². The number of aryl methyl sites for hydroxylation is 2. The number of anilines is 1. The number of hydrogen-bond acceptors (Lipinski definition) is 3. The number of amides is 1. The Hall–Kier alpha value is -2.37. The normalized spacial score (nSPS) is 23.7. The van der Waals surface area contributed by atoms with Crippen LogP contribution in [0.3, 0.4) is 0 Å². The lowest BCUT2D eigenvalue weighted by atomic mass is 9.93. The van der Waals surface area contributed by atoms with E-state index in [0.29, 0.717) is 12.8 Å². The van der Waals surface area contributed by atoms with Crippen LogP contribution in [0.4, 0.5) is 10.1 Å². The predicted molar refractivity (Wildman–Crippen MR) is 108 cm³/mol. The summed E-state index contributed by atoms with van der Waals surface area (Å²) in [6, 6.07) is 9.25. The molecule has 1 aromatic heterocycles. The number of carbonyl (C=O) groups is 1. The highest BCUT2D eigenvalue weighted by Crippen LogP contribution is 2.43. The van der Waals surface area contributed by atoms with E-state index in [1.54, 1.807) is 18.3 Å². The van der Waals surface area contributed by atoms with Crippen molar-refractivity contribution in [3.63, 3.8) is 0 Å². The summed E-state index contributed by atoms with van der Waals surface area (Å²) >= 11 is 0. The van der Waals surface area contributed by atoms with Crippen LogP contribution >= 0.6 is 0 Å². The fraction of sp³-hybridized carbons (Fsp3) is 0.545. The Morgan fingerprint density at radius 2 is 2.11 bits per heavy atom. The molecule has 5 nitrogen and oxygen atoms in total. The van der Waals surface area contributed by atoms with E-state index in [1.807, 2.05) is 23.9 Å². The van der Waals surface area contributed by atoms with Crippen molar-refractivity contribution >= 4 is 11.6 Å². The first-order valence-corrected chi connectivity index (χ1v) is 10.2. The fourth-order valence-electron chi connectivity index (χ4n) is 5.14. The van der Waals surface area contributed by atoms with Gasteiger partial charge in [-0.25, -0.2) is 4.39 Å². The molecule has 2 aliphatic rings. The van der Waals surface area contributed by atoms with Gasteiger partial charge in [-0.1, -0.05) is 6.07 Å². The molecule has 2 atom stereocenters. The SMILES string of the molecule is Cn1nccc1CCC(=O)N1CCC[C@H]2[C@@H]1CC(C)(C)N2c1cccc(F)c1. The van der Waals surface area contributed by atoms with Crippen molar-refractivity contribution in [3.05, 3.63) is 48.0 Å². The molecule has 0 bridgehead atoms. The van der Waals surface area contributed by atoms with Gasteiger partial charge in [-0.3, -0.25) is 9.48 Å². The molecule has 28 heavy (non-hydrogen) atoms. The Balaban J connectivity index is 1.53. The average molecular weight is 384 g/mol. The molecule has 0 aliphatic carbocycles. The Kier molecular flexibility index (Phi) is 4.89. The molecule has 0 spiro atoms. The van der Waals surface area contributed by atoms with Gasteiger partial charge in [0.1, 0.15) is 5.82 Å². The molecular formula is C22H29FN4O. The van der Waals surface area contributed by atoms with Crippen molar-refractivity contribution in [2.45, 2.75) is 63.6 Å². The minimum Gasteiger partial charge on any atom is -0.361 e. The van der Waals surface area contributed by atoms with Crippen LogP contribution in [0.5, 0.6) is 0 Å². The van der Waals surface area contributed by atoms with Crippen LogP contribution < -0.4 is 4.90 Å². The maximum atomic E-state index is 13.9. The summed E-state index contributed by atoms with van der Waals surface area (Å²) in [5, 5.41) is 4.18. The molecule has 0 saturated carbocycles. The highest BCUT2D eigenvalue weighted by molar-refractivity contribution is 5.77. The second kappa shape index (κ2) is 7.22. The number of fused-ring (bicyclic) bond motifs is 1. The molecule has 3 heterocycles. The molecule has 2 fully saturated rings. The van der Waals surface area contributed by atoms with Crippen LogP contribution in [0.1, 0.15) is 45.2 Å². The number of piperidine rings is 1. The summed E-state index contributed by atoms with van der Waals surface area (Å²) in [6.07, 6.45) is 5.92. The molecule has 1 amide bonds. The summed E-state index contributed by atoms with van der Waals surface area (Å²) in [5.74, 6) is 0.00413. The summed E-state index contributed by atoms with van der Waals surface area (Å²) in [6.45, 7) is 5.22. The van der Waals surface area contributed by atoms with Crippen molar-refractivity contribution in [3.8, 4) is 0 Å². The first kappa shape index (κ1) is 19.0. The zero-order valence-electron chi connectivity index (χ0n) is 16.9. The van der Waals surface area contributed by atoms with E-state index in [9.17, 15) is 9.18 Å². The number of benzene rings is 1. The third-order valence-corrected chi connectivity index (χ3v) is 6.36. The van der Waals surface area contributed by atoms with Crippen molar-refractivity contribution in [1.82, 2.24) is 14.7 Å². The lowest BCUT2D eigenvalue weighted by Crippen LogP contribution is -2.53. The van der Waals surface area contributed by atoms with Gasteiger partial charge in [0.15, 0.2) is 0 Å². The molecule has 0 unspecified atom stereocenters. The second-order valence-corrected chi connectivity index (χ2v) is 8.68. The van der Waals surface area contributed by atoms with Crippen LogP contribution in [0, 0.1) is 5.82 Å². The largest absolute Gasteiger partial charge is 0.361 e. The molecule has 2 aliphatic heterocycles. The number of halogens is 1. The molecule has 150 valence electrons. The van der Waals surface area contributed by atoms with Gasteiger partial charge >= 0.3 is 0 Å². The number of carbonyl (C=O) groups excluding carboxylic acids is 1. The number of aromatic nitrogens is 2. The third kappa shape index (κ3) is 3.40. The van der Waals surface area contributed by atoms with Crippen LogP contribution in [-0.2, 0) is 18.3 Å². The first-order valence-electron chi connectivity index (χ1n) is 10.2. The standard InChI is InChI=1S/C22H29FN4O/c1-22(2)15-20-19(27(22)18-7-4-6-16(23)14-18)8-5-13-26(20)21(28)10-9-17-11-12-24-25(17)3/h4,6-7,11-12,14,19-20H,5,8-10,13,15H2,1-3H3/t19-,20-/m0/s1. The van der Waals surface area contributed by atoms with Gasteiger partial charge in [-0.15, -0.1) is 0 Å². The Bertz CT molecular complexity index is 862. The molecule has 2 saturated heterocycles. The first-order chi connectivity index (χ1) is 13.4. The zero-order valence-corrected chi connectivity index (χ0v) is 16.9. The van der Waals surface area contributed by atoms with Crippen molar-refractivity contribution < 1.29 is 9.18 Å². The van der Waals surface area contributed by atoms with Crippen LogP contribution in [0.2, 0.25) is 0 Å². The molecule has 6 heteroatoms. The molecule has 0 N–H and O–H groups in total. The van der Waals surface area contributed by atoms with Crippen LogP contribution in [0.15, 0.2) is 36.5 Å². The summed E-state index contributed by atoms with van der Waals surface area (Å²) in [4.78, 5) is 17.5. The van der Waals surface area contributed by atoms with E-state index in [-0.39, 0.29) is 29.3 Å². The topological polar surface area (TPSA) is 41.4 Å². The monoisotopic (exact) mass is 384 g/mol. The molecule has 2 aromatic rings. The minimum atomic E-state index is -0.211. The fourth-order valence-corrected chi connectivity index (χ4v) is 5.14. The number of likely N-dealkylation sites (tertiary alicyclic amines) is 1. The van der Waals surface area contributed by atoms with E-state index in [0.717, 1.165) is 37.2 Å². The van der Waals surface area contributed by atoms with Gasteiger partial charge in [-0.05, 0) is 63.8 Å². The maximum Gasteiger partial charge on any atom is 0.223 e. The highest BCUT2D eigenvalue weighted by Gasteiger charge is 2.50. The molecule has 0 radical (unpaired) electrons. The van der Waals surface area contributed by atoms with Gasteiger partial charge in [0.2, 0.25) is 5.91 Å². The van der Waals surface area contributed by atoms with E-state index in [1.165, 1.54) is 6.07 Å². The van der Waals surface area contributed by atoms with E-state index in [4.69, 9.17) is 0 Å². The summed E-state index contributed by atoms with van der Waals surface area (Å²) < 4.78 is 15.7. The number of rotatable bonds is 4. The molecule has 1 aromatic carbocycles. The van der Waals surface area contributed by atoms with Crippen molar-refractivity contribution in [2.75, 3.05) is 11.4 Å². The Morgan fingerprint density at radius 1 is 1.29 bits per heavy atom. The predicted octanol–water partition coefficient (Wildman–Crippen LogP) is 3.54. The Morgan fingerprint density at radius 3 is 2.82 bits per heavy atom. The van der Waals surface area contributed by atoms with Crippen molar-refractivity contribution in [2.24, 2.45) is 7.05 Å². The minimum absolute atomic E-state index is 0.117. The smallest absolute Gasteiger partial charge is 0.223 e. The van der Waals surface area contributed by atoms with Crippen LogP contribution in [-0.4, -0.2) is 44.8 Å². The van der Waals surface area contributed by atoms with E-state index < -0.39 is 0 Å². The van der Waals surface area contributed by atoms with E-state index in [2.05, 4.69) is 28.7 Å². The zero-order chi connectivity index (χ0) is 19.9. The number of hydrogen-bond donors (Lipinski definition) is 0. The Labute approximate surface area is 166 Å². The molecular weight excluding hydrogens is 355 g/mol. The maximum absolute atomic E-state index is 13.9. The average Bonchev–Trinajstić information content (AvgIpc) is 3.17. The second-order valence-electron chi connectivity index (χ2n) is 8.68. The van der Waals surface area contributed by atoms with Gasteiger partial charge in [0.05, 0.1) is 12.1 Å². The quantitative estimate of drug-likeness (QED) is 0.810. The van der Waals surface area contributed by atoms with Gasteiger partial charge in [0, 0.05) is 43.1 Å². The number of nitrogens with zero attached hydrogens (tertiary/aromatic N) is 4. The van der Waals surface area contributed by atoms with Crippen molar-refractivity contribution in [1.29, 1.82) is 0 Å². The summed E-state index contributed by atoms with van der Waals surface area (Å²) in [5.41, 5.74) is 1.88. The lowest BCUT2D eigenvalue weighted by Gasteiger charge is -2.42. The third-order valence-electron chi connectivity index (χ3n) is 6.36. The molecule has 4 rings (SSSR count). The van der Waals surface area contributed by atoms with Gasteiger partial charge < -0.3 is 9.80 Å². The van der Waals surface area contributed by atoms with Gasteiger partial charge in [-0.2, -0.15) is 5.10 Å². The van der Waals surface area contributed by atoms with Gasteiger partial charge in [0.25, 0.3) is 0 Å². The summed E-state index contributed by atoms with van der Waals surface area (Å²) in [7, 11) is 1.91.